The molecule has 0 bridgehead atoms. The molecular weight excluding hydrogens is 150 g/mol. The molecule has 1 rings (SSSR count). The highest BCUT2D eigenvalue weighted by atomic mass is 19.3. The van der Waals surface area contributed by atoms with Crippen molar-refractivity contribution in [1.29, 1.82) is 0 Å². The van der Waals surface area contributed by atoms with Crippen molar-refractivity contribution < 1.29 is 13.5 Å². The number of halogens is 2. The molecule has 1 aromatic rings. The summed E-state index contributed by atoms with van der Waals surface area (Å²) in [4.78, 5) is 0. The van der Waals surface area contributed by atoms with Gasteiger partial charge in [-0.3, -0.25) is 0 Å². The van der Waals surface area contributed by atoms with E-state index in [0.717, 1.165) is 0 Å². The van der Waals surface area contributed by atoms with E-state index in [2.05, 4.69) is 11.8 Å². The molecular formula is C8H7F2O. The molecule has 11 heavy (non-hydrogen) atoms. The van der Waals surface area contributed by atoms with Gasteiger partial charge in [0.2, 0.25) is 0 Å². The third-order valence-corrected chi connectivity index (χ3v) is 1.28. The Morgan fingerprint density at radius 3 is 2.64 bits per heavy atom. The summed E-state index contributed by atoms with van der Waals surface area (Å²) in [5, 5.41) is 0. The predicted octanol–water partition coefficient (Wildman–Crippen LogP) is 2.79. The summed E-state index contributed by atoms with van der Waals surface area (Å²) < 4.78 is 28.5. The summed E-state index contributed by atoms with van der Waals surface area (Å²) in [5.74, 6) is 0.350. The van der Waals surface area contributed by atoms with E-state index in [9.17, 15) is 8.78 Å². The lowest BCUT2D eigenvalue weighted by molar-refractivity contribution is 0.151. The quantitative estimate of drug-likeness (QED) is 0.641. The van der Waals surface area contributed by atoms with Gasteiger partial charge in [-0.05, 0) is 12.1 Å². The number of alkyl halides is 2. The van der Waals surface area contributed by atoms with Gasteiger partial charge in [0.15, 0.2) is 0 Å². The van der Waals surface area contributed by atoms with Crippen molar-refractivity contribution in [2.45, 2.75) is 6.43 Å². The minimum Gasteiger partial charge on any atom is -0.490 e. The average molecular weight is 157 g/mol. The Morgan fingerprint density at radius 2 is 2.09 bits per heavy atom. The minimum absolute atomic E-state index is 0.0499. The Balaban J connectivity index is 2.91. The van der Waals surface area contributed by atoms with Crippen LogP contribution in [0, 0.1) is 7.11 Å². The second-order valence-corrected chi connectivity index (χ2v) is 2.02. The van der Waals surface area contributed by atoms with E-state index < -0.39 is 6.43 Å². The van der Waals surface area contributed by atoms with Crippen molar-refractivity contribution in [3.63, 3.8) is 0 Å². The lowest BCUT2D eigenvalue weighted by atomic mass is 10.2. The van der Waals surface area contributed by atoms with Crippen molar-refractivity contribution in [1.82, 2.24) is 0 Å². The molecule has 1 radical (unpaired) electrons. The Bertz CT molecular complexity index is 235. The van der Waals surface area contributed by atoms with Crippen molar-refractivity contribution in [2.75, 3.05) is 0 Å². The molecule has 0 saturated heterocycles. The SMILES string of the molecule is [CH2]Oc1cccc(C(F)F)c1. The highest BCUT2D eigenvalue weighted by Crippen LogP contribution is 2.22. The van der Waals surface area contributed by atoms with E-state index >= 15 is 0 Å². The van der Waals surface area contributed by atoms with Crippen LogP contribution in [0.4, 0.5) is 8.78 Å². The first kappa shape index (κ1) is 7.98. The lowest BCUT2D eigenvalue weighted by Gasteiger charge is -2.01. The van der Waals surface area contributed by atoms with E-state index in [4.69, 9.17) is 0 Å². The number of benzene rings is 1. The van der Waals surface area contributed by atoms with Gasteiger partial charge in [-0.25, -0.2) is 8.78 Å². The van der Waals surface area contributed by atoms with E-state index in [-0.39, 0.29) is 5.56 Å². The fraction of sp³-hybridized carbons (Fsp3) is 0.125. The smallest absolute Gasteiger partial charge is 0.263 e. The lowest BCUT2D eigenvalue weighted by Crippen LogP contribution is -1.85. The molecule has 1 nitrogen and oxygen atoms in total. The molecule has 0 aliphatic heterocycles. The molecule has 0 unspecified atom stereocenters. The van der Waals surface area contributed by atoms with Crippen LogP contribution in [0.2, 0.25) is 0 Å². The van der Waals surface area contributed by atoms with Crippen LogP contribution in [0.5, 0.6) is 5.75 Å². The largest absolute Gasteiger partial charge is 0.490 e. The number of rotatable bonds is 2. The normalized spacial score (nSPS) is 10.2. The van der Waals surface area contributed by atoms with Crippen LogP contribution in [0.25, 0.3) is 0 Å². The van der Waals surface area contributed by atoms with Gasteiger partial charge in [0.05, 0.1) is 0 Å². The Hall–Kier alpha value is -1.12. The molecule has 0 aliphatic carbocycles. The van der Waals surface area contributed by atoms with Crippen LogP contribution in [-0.4, -0.2) is 0 Å². The van der Waals surface area contributed by atoms with Gasteiger partial charge in [0.25, 0.3) is 6.43 Å². The monoisotopic (exact) mass is 157 g/mol. The van der Waals surface area contributed by atoms with Gasteiger partial charge >= 0.3 is 0 Å². The molecule has 0 amide bonds. The Labute approximate surface area is 63.6 Å². The molecule has 3 heteroatoms. The fourth-order valence-electron chi connectivity index (χ4n) is 0.740. The van der Waals surface area contributed by atoms with Crippen LogP contribution in [0.1, 0.15) is 12.0 Å². The fourth-order valence-corrected chi connectivity index (χ4v) is 0.740. The second kappa shape index (κ2) is 3.32. The van der Waals surface area contributed by atoms with E-state index in [1.165, 1.54) is 18.2 Å². The maximum absolute atomic E-state index is 12.0. The molecule has 59 valence electrons. The molecule has 0 N–H and O–H groups in total. The standard InChI is InChI=1S/C8H7F2O/c1-11-7-4-2-3-6(5-7)8(9)10/h2-5,8H,1H2. The highest BCUT2D eigenvalue weighted by molar-refractivity contribution is 5.29. The van der Waals surface area contributed by atoms with Gasteiger partial charge in [0, 0.05) is 5.56 Å². The van der Waals surface area contributed by atoms with Crippen molar-refractivity contribution in [2.24, 2.45) is 0 Å². The summed E-state index contributed by atoms with van der Waals surface area (Å²) in [5.41, 5.74) is -0.0499. The third-order valence-electron chi connectivity index (χ3n) is 1.28. The number of ether oxygens (including phenoxy) is 1. The summed E-state index contributed by atoms with van der Waals surface area (Å²) in [7, 11) is 3.11. The maximum Gasteiger partial charge on any atom is 0.263 e. The topological polar surface area (TPSA) is 9.23 Å². The van der Waals surface area contributed by atoms with Gasteiger partial charge in [-0.15, -0.1) is 0 Å². The van der Waals surface area contributed by atoms with Crippen LogP contribution in [0.15, 0.2) is 24.3 Å². The molecule has 0 fully saturated rings. The predicted molar refractivity (Wildman–Crippen MR) is 37.4 cm³/mol. The Morgan fingerprint density at radius 1 is 1.36 bits per heavy atom. The second-order valence-electron chi connectivity index (χ2n) is 2.02. The van der Waals surface area contributed by atoms with Crippen LogP contribution < -0.4 is 4.74 Å². The van der Waals surface area contributed by atoms with Crippen LogP contribution in [-0.2, 0) is 0 Å². The van der Waals surface area contributed by atoms with Crippen molar-refractivity contribution in [3.8, 4) is 5.75 Å². The zero-order valence-electron chi connectivity index (χ0n) is 5.76. The van der Waals surface area contributed by atoms with Gasteiger partial charge in [0.1, 0.15) is 12.9 Å². The first-order chi connectivity index (χ1) is 5.24. The molecule has 0 aromatic heterocycles. The third kappa shape index (κ3) is 1.90. The minimum atomic E-state index is -2.45. The van der Waals surface area contributed by atoms with Crippen LogP contribution in [0.3, 0.4) is 0 Å². The first-order valence-electron chi connectivity index (χ1n) is 3.04. The number of hydrogen-bond donors (Lipinski definition) is 0. The molecule has 0 saturated carbocycles. The van der Waals surface area contributed by atoms with Gasteiger partial charge < -0.3 is 4.74 Å². The van der Waals surface area contributed by atoms with Crippen LogP contribution >= 0.6 is 0 Å². The summed E-state index contributed by atoms with van der Waals surface area (Å²) in [6.45, 7) is 0. The zero-order valence-corrected chi connectivity index (χ0v) is 5.76. The number of hydrogen-bond acceptors (Lipinski definition) is 1. The molecule has 0 spiro atoms. The molecule has 0 heterocycles. The summed E-state index contributed by atoms with van der Waals surface area (Å²) in [6, 6.07) is 5.67. The highest BCUT2D eigenvalue weighted by Gasteiger charge is 2.06. The van der Waals surface area contributed by atoms with Crippen molar-refractivity contribution >= 4 is 0 Å². The molecule has 1 aromatic carbocycles. The summed E-state index contributed by atoms with van der Waals surface area (Å²) in [6.07, 6.45) is -2.45. The molecule has 0 atom stereocenters. The van der Waals surface area contributed by atoms with Gasteiger partial charge in [-0.2, -0.15) is 0 Å². The van der Waals surface area contributed by atoms with Crippen molar-refractivity contribution in [3.05, 3.63) is 36.9 Å². The first-order valence-corrected chi connectivity index (χ1v) is 3.04. The van der Waals surface area contributed by atoms with E-state index in [0.29, 0.717) is 5.75 Å². The molecule has 0 aliphatic rings. The summed E-state index contributed by atoms with van der Waals surface area (Å²) >= 11 is 0. The van der Waals surface area contributed by atoms with E-state index in [1.807, 2.05) is 0 Å². The Kier molecular flexibility index (Phi) is 2.41. The average Bonchev–Trinajstić information content (AvgIpc) is 2.05. The maximum atomic E-state index is 12.0. The zero-order chi connectivity index (χ0) is 8.27. The van der Waals surface area contributed by atoms with E-state index in [1.54, 1.807) is 6.07 Å². The van der Waals surface area contributed by atoms with Gasteiger partial charge in [-0.1, -0.05) is 12.1 Å².